The first-order valence-electron chi connectivity index (χ1n) is 13.8. The van der Waals surface area contributed by atoms with Gasteiger partial charge in [0.15, 0.2) is 0 Å². The van der Waals surface area contributed by atoms with Crippen molar-refractivity contribution in [1.29, 1.82) is 0 Å². The van der Waals surface area contributed by atoms with Gasteiger partial charge in [-0.05, 0) is 69.0 Å². The summed E-state index contributed by atoms with van der Waals surface area (Å²) >= 11 is 1.59. The van der Waals surface area contributed by atoms with Crippen molar-refractivity contribution in [3.05, 3.63) is 82.9 Å². The van der Waals surface area contributed by atoms with Gasteiger partial charge in [0, 0.05) is 36.3 Å². The van der Waals surface area contributed by atoms with E-state index in [1.807, 2.05) is 55.1 Å². The fourth-order valence-electron chi connectivity index (χ4n) is 5.25. The van der Waals surface area contributed by atoms with Crippen LogP contribution in [0.5, 0.6) is 5.75 Å². The van der Waals surface area contributed by atoms with Crippen molar-refractivity contribution in [2.45, 2.75) is 39.7 Å². The van der Waals surface area contributed by atoms with Gasteiger partial charge in [-0.15, -0.1) is 11.3 Å². The number of nitrogens with zero attached hydrogens (tertiary/aromatic N) is 3. The lowest BCUT2D eigenvalue weighted by Gasteiger charge is -2.31. The van der Waals surface area contributed by atoms with Gasteiger partial charge >= 0.3 is 5.97 Å². The number of benzene rings is 2. The van der Waals surface area contributed by atoms with Crippen molar-refractivity contribution in [3.63, 3.8) is 0 Å². The second-order valence-corrected chi connectivity index (χ2v) is 10.9. The van der Waals surface area contributed by atoms with Gasteiger partial charge in [0.05, 0.1) is 36.6 Å². The summed E-state index contributed by atoms with van der Waals surface area (Å²) in [7, 11) is 1.66. The van der Waals surface area contributed by atoms with Crippen LogP contribution in [0.3, 0.4) is 0 Å². The maximum absolute atomic E-state index is 13.7. The Bertz CT molecular complexity index is 1450. The van der Waals surface area contributed by atoms with Gasteiger partial charge in [-0.25, -0.2) is 4.98 Å². The van der Waals surface area contributed by atoms with Crippen LogP contribution in [0.25, 0.3) is 22.0 Å². The quantitative estimate of drug-likeness (QED) is 0.227. The molecule has 7 nitrogen and oxygen atoms in total. The minimum atomic E-state index is -0.156. The molecule has 1 aliphatic heterocycles. The summed E-state index contributed by atoms with van der Waals surface area (Å²) < 4.78 is 12.7. The Kier molecular flexibility index (Phi) is 8.65. The lowest BCUT2D eigenvalue weighted by atomic mass is 9.96. The Hall–Kier alpha value is -3.91. The highest BCUT2D eigenvalue weighted by Gasteiger charge is 2.30. The Balaban J connectivity index is 1.42. The zero-order valence-corrected chi connectivity index (χ0v) is 24.1. The van der Waals surface area contributed by atoms with Crippen molar-refractivity contribution >= 4 is 23.2 Å². The van der Waals surface area contributed by atoms with E-state index >= 15 is 0 Å². The summed E-state index contributed by atoms with van der Waals surface area (Å²) in [5.74, 6) is 0.518. The van der Waals surface area contributed by atoms with Gasteiger partial charge in [0.2, 0.25) is 0 Å². The third kappa shape index (κ3) is 5.97. The highest BCUT2D eigenvalue weighted by molar-refractivity contribution is 7.13. The Labute approximate surface area is 239 Å². The van der Waals surface area contributed by atoms with Crippen LogP contribution < -0.4 is 4.74 Å². The average molecular weight is 558 g/mol. The lowest BCUT2D eigenvalue weighted by molar-refractivity contribution is -0.149. The molecule has 2 aromatic heterocycles. The molecule has 4 aromatic rings. The van der Waals surface area contributed by atoms with Crippen molar-refractivity contribution < 1.29 is 19.1 Å². The number of rotatable bonds is 9. The Morgan fingerprint density at radius 1 is 1.05 bits per heavy atom. The Morgan fingerprint density at radius 2 is 1.77 bits per heavy atom. The van der Waals surface area contributed by atoms with Crippen molar-refractivity contribution in [3.8, 4) is 27.7 Å². The molecule has 1 fully saturated rings. The van der Waals surface area contributed by atoms with Crippen LogP contribution >= 0.6 is 11.3 Å². The van der Waals surface area contributed by atoms with E-state index in [0.717, 1.165) is 46.4 Å². The smallest absolute Gasteiger partial charge is 0.309 e. The lowest BCUT2D eigenvalue weighted by Crippen LogP contribution is -2.40. The molecule has 1 aliphatic rings. The molecule has 0 atom stereocenters. The second-order valence-electron chi connectivity index (χ2n) is 10.0. The van der Waals surface area contributed by atoms with E-state index in [9.17, 15) is 9.59 Å². The van der Waals surface area contributed by atoms with Crippen LogP contribution in [-0.4, -0.2) is 53.1 Å². The largest absolute Gasteiger partial charge is 0.497 e. The minimum absolute atomic E-state index is 0.00475. The average Bonchev–Trinajstić information content (AvgIpc) is 3.61. The number of carbonyl (C=O) groups excluding carboxylic acids is 2. The van der Waals surface area contributed by atoms with E-state index in [1.165, 1.54) is 5.56 Å². The molecule has 1 amide bonds. The molecule has 8 heteroatoms. The molecule has 1 saturated heterocycles. The first kappa shape index (κ1) is 27.6. The molecule has 0 aliphatic carbocycles. The van der Waals surface area contributed by atoms with Gasteiger partial charge in [-0.1, -0.05) is 30.3 Å². The number of methoxy groups -OCH3 is 1. The second kappa shape index (κ2) is 12.5. The number of amides is 1. The molecular formula is C32H35N3O4S. The summed E-state index contributed by atoms with van der Waals surface area (Å²) in [4.78, 5) is 32.8. The molecule has 0 bridgehead atoms. The molecule has 0 saturated carbocycles. The molecule has 0 radical (unpaired) electrons. The van der Waals surface area contributed by atoms with E-state index in [1.54, 1.807) is 18.4 Å². The predicted molar refractivity (Wildman–Crippen MR) is 158 cm³/mol. The third-order valence-electron chi connectivity index (χ3n) is 7.57. The standard InChI is InChI=1S/C32H35N3O4S/c1-4-39-32(37)25-15-17-34(18-16-25)31(36)27-20-29(35(22(27)2)19-14-23-8-6-5-7-9-23)28-21-40-30(33-28)24-10-12-26(38-3)13-11-24/h5-13,20-21,25H,4,14-19H2,1-3H3. The molecule has 3 heterocycles. The highest BCUT2D eigenvalue weighted by atomic mass is 32.1. The number of hydrogen-bond acceptors (Lipinski definition) is 6. The van der Waals surface area contributed by atoms with Crippen molar-refractivity contribution in [2.24, 2.45) is 5.92 Å². The zero-order chi connectivity index (χ0) is 28.1. The number of aryl methyl sites for hydroxylation is 1. The monoisotopic (exact) mass is 557 g/mol. The number of hydrogen-bond donors (Lipinski definition) is 0. The number of likely N-dealkylation sites (tertiary alicyclic amines) is 1. The number of aromatic nitrogens is 2. The van der Waals surface area contributed by atoms with Gasteiger partial charge in [0.1, 0.15) is 10.8 Å². The van der Waals surface area contributed by atoms with Crippen LogP contribution in [-0.2, 0) is 22.5 Å². The van der Waals surface area contributed by atoms with E-state index in [2.05, 4.69) is 34.2 Å². The van der Waals surface area contributed by atoms with Crippen LogP contribution in [0, 0.1) is 12.8 Å². The Morgan fingerprint density at radius 3 is 2.45 bits per heavy atom. The topological polar surface area (TPSA) is 73.7 Å². The SMILES string of the molecule is CCOC(=O)C1CCN(C(=O)c2cc(-c3csc(-c4ccc(OC)cc4)n3)n(CCc3ccccc3)c2C)CC1. The van der Waals surface area contributed by atoms with E-state index in [4.69, 9.17) is 14.5 Å². The first-order valence-corrected chi connectivity index (χ1v) is 14.7. The minimum Gasteiger partial charge on any atom is -0.497 e. The normalized spacial score (nSPS) is 13.8. The zero-order valence-electron chi connectivity index (χ0n) is 23.3. The molecular weight excluding hydrogens is 522 g/mol. The molecule has 5 rings (SSSR count). The van der Waals surface area contributed by atoms with Gasteiger partial charge < -0.3 is 18.9 Å². The van der Waals surface area contributed by atoms with E-state index in [-0.39, 0.29) is 17.8 Å². The van der Waals surface area contributed by atoms with Gasteiger partial charge in [-0.3, -0.25) is 9.59 Å². The summed E-state index contributed by atoms with van der Waals surface area (Å²) in [6, 6.07) is 20.3. The molecule has 0 N–H and O–H groups in total. The number of piperidine rings is 1. The maximum atomic E-state index is 13.7. The van der Waals surface area contributed by atoms with E-state index in [0.29, 0.717) is 38.1 Å². The van der Waals surface area contributed by atoms with Crippen LogP contribution in [0.2, 0.25) is 0 Å². The highest BCUT2D eigenvalue weighted by Crippen LogP contribution is 2.33. The van der Waals surface area contributed by atoms with Crippen LogP contribution in [0.15, 0.2) is 66.0 Å². The summed E-state index contributed by atoms with van der Waals surface area (Å²) in [5, 5.41) is 2.98. The summed E-state index contributed by atoms with van der Waals surface area (Å²) in [6.07, 6.45) is 2.10. The van der Waals surface area contributed by atoms with Gasteiger partial charge in [0.25, 0.3) is 5.91 Å². The number of thiazole rings is 1. The van der Waals surface area contributed by atoms with Crippen LogP contribution in [0.1, 0.15) is 41.4 Å². The van der Waals surface area contributed by atoms with Crippen molar-refractivity contribution in [1.82, 2.24) is 14.5 Å². The maximum Gasteiger partial charge on any atom is 0.309 e. The fourth-order valence-corrected chi connectivity index (χ4v) is 6.07. The molecule has 0 unspecified atom stereocenters. The number of ether oxygens (including phenoxy) is 2. The first-order chi connectivity index (χ1) is 19.5. The summed E-state index contributed by atoms with van der Waals surface area (Å²) in [5.41, 5.74) is 5.69. The predicted octanol–water partition coefficient (Wildman–Crippen LogP) is 6.25. The van der Waals surface area contributed by atoms with E-state index < -0.39 is 0 Å². The molecule has 40 heavy (non-hydrogen) atoms. The van der Waals surface area contributed by atoms with Crippen molar-refractivity contribution in [2.75, 3.05) is 26.8 Å². The molecule has 208 valence electrons. The summed E-state index contributed by atoms with van der Waals surface area (Å²) in [6.45, 7) is 6.05. The van der Waals surface area contributed by atoms with Crippen LogP contribution in [0.4, 0.5) is 0 Å². The van der Waals surface area contributed by atoms with Gasteiger partial charge in [-0.2, -0.15) is 0 Å². The third-order valence-corrected chi connectivity index (χ3v) is 8.46. The molecule has 2 aromatic carbocycles. The number of carbonyl (C=O) groups is 2. The number of esters is 1. The fraction of sp³-hybridized carbons (Fsp3) is 0.344. The molecule has 0 spiro atoms.